The number of carboxylic acids is 1. The maximum absolute atomic E-state index is 11.3. The first-order valence-corrected chi connectivity index (χ1v) is 6.49. The maximum Gasteiger partial charge on any atom is 0.339 e. The first-order valence-electron chi connectivity index (χ1n) is 6.49. The number of anilines is 1. The number of aryl methyl sites for hydroxylation is 2. The van der Waals surface area contributed by atoms with Gasteiger partial charge in [-0.3, -0.25) is 4.98 Å². The van der Waals surface area contributed by atoms with Gasteiger partial charge in [0.15, 0.2) is 0 Å². The lowest BCUT2D eigenvalue weighted by atomic mass is 10.1. The van der Waals surface area contributed by atoms with E-state index in [-0.39, 0.29) is 5.56 Å². The SMILES string of the molecule is CCc1cccnc1CNc1nccc(C)c1C(=O)O. The molecule has 0 unspecified atom stereocenters. The second kappa shape index (κ2) is 6.14. The molecule has 0 aliphatic carbocycles. The Morgan fingerprint density at radius 3 is 2.80 bits per heavy atom. The van der Waals surface area contributed by atoms with Crippen molar-refractivity contribution in [3.8, 4) is 0 Å². The van der Waals surface area contributed by atoms with Crippen molar-refractivity contribution in [2.24, 2.45) is 0 Å². The summed E-state index contributed by atoms with van der Waals surface area (Å²) >= 11 is 0. The number of nitrogens with one attached hydrogen (secondary N) is 1. The molecule has 2 aromatic rings. The maximum atomic E-state index is 11.3. The Morgan fingerprint density at radius 2 is 2.10 bits per heavy atom. The second-order valence-corrected chi connectivity index (χ2v) is 4.47. The molecule has 5 heteroatoms. The second-order valence-electron chi connectivity index (χ2n) is 4.47. The van der Waals surface area contributed by atoms with Gasteiger partial charge < -0.3 is 10.4 Å². The highest BCUT2D eigenvalue weighted by atomic mass is 16.4. The molecule has 2 aromatic heterocycles. The zero-order valence-corrected chi connectivity index (χ0v) is 11.6. The van der Waals surface area contributed by atoms with Crippen LogP contribution in [-0.2, 0) is 13.0 Å². The molecular weight excluding hydrogens is 254 g/mol. The van der Waals surface area contributed by atoms with Crippen LogP contribution in [0.1, 0.15) is 34.1 Å². The topological polar surface area (TPSA) is 75.1 Å². The standard InChI is InChI=1S/C15H17N3O2/c1-3-11-5-4-7-16-12(11)9-18-14-13(15(19)20)10(2)6-8-17-14/h4-8H,3,9H2,1-2H3,(H,17,18)(H,19,20). The monoisotopic (exact) mass is 271 g/mol. The van der Waals surface area contributed by atoms with E-state index in [0.29, 0.717) is 17.9 Å². The number of hydrogen-bond acceptors (Lipinski definition) is 4. The van der Waals surface area contributed by atoms with Crippen LogP contribution in [0.25, 0.3) is 0 Å². The van der Waals surface area contributed by atoms with Crippen LogP contribution >= 0.6 is 0 Å². The average molecular weight is 271 g/mol. The van der Waals surface area contributed by atoms with Gasteiger partial charge in [0.25, 0.3) is 0 Å². The minimum Gasteiger partial charge on any atom is -0.478 e. The minimum absolute atomic E-state index is 0.210. The van der Waals surface area contributed by atoms with Crippen LogP contribution in [0, 0.1) is 6.92 Å². The Kier molecular flexibility index (Phi) is 4.30. The zero-order chi connectivity index (χ0) is 14.5. The molecule has 0 saturated heterocycles. The molecule has 0 aliphatic rings. The highest BCUT2D eigenvalue weighted by molar-refractivity contribution is 5.94. The Balaban J connectivity index is 2.23. The molecule has 0 spiro atoms. The van der Waals surface area contributed by atoms with E-state index in [4.69, 9.17) is 0 Å². The predicted molar refractivity (Wildman–Crippen MR) is 76.9 cm³/mol. The van der Waals surface area contributed by atoms with Crippen LogP contribution in [0.3, 0.4) is 0 Å². The highest BCUT2D eigenvalue weighted by Gasteiger charge is 2.14. The van der Waals surface area contributed by atoms with Crippen LogP contribution in [0.5, 0.6) is 0 Å². The van der Waals surface area contributed by atoms with Gasteiger partial charge in [0.05, 0.1) is 12.2 Å². The summed E-state index contributed by atoms with van der Waals surface area (Å²) < 4.78 is 0. The number of carbonyl (C=O) groups is 1. The number of rotatable bonds is 5. The van der Waals surface area contributed by atoms with E-state index in [2.05, 4.69) is 22.2 Å². The summed E-state index contributed by atoms with van der Waals surface area (Å²) in [6.45, 7) is 4.28. The Hall–Kier alpha value is -2.43. The molecule has 2 N–H and O–H groups in total. The third-order valence-corrected chi connectivity index (χ3v) is 3.16. The molecule has 0 aromatic carbocycles. The summed E-state index contributed by atoms with van der Waals surface area (Å²) in [5.41, 5.74) is 2.95. The van der Waals surface area contributed by atoms with Crippen molar-refractivity contribution in [2.45, 2.75) is 26.8 Å². The molecule has 0 fully saturated rings. The van der Waals surface area contributed by atoms with E-state index in [0.717, 1.165) is 17.7 Å². The molecule has 2 heterocycles. The summed E-state index contributed by atoms with van der Waals surface area (Å²) in [7, 11) is 0. The van der Waals surface area contributed by atoms with Crippen molar-refractivity contribution in [1.29, 1.82) is 0 Å². The van der Waals surface area contributed by atoms with Crippen molar-refractivity contribution in [3.05, 3.63) is 53.0 Å². The summed E-state index contributed by atoms with van der Waals surface area (Å²) in [5.74, 6) is -0.597. The van der Waals surface area contributed by atoms with E-state index in [1.165, 1.54) is 0 Å². The first-order chi connectivity index (χ1) is 9.63. The minimum atomic E-state index is -0.977. The molecule has 2 rings (SSSR count). The summed E-state index contributed by atoms with van der Waals surface area (Å²) in [6.07, 6.45) is 4.22. The van der Waals surface area contributed by atoms with Crippen LogP contribution < -0.4 is 5.32 Å². The van der Waals surface area contributed by atoms with Gasteiger partial charge in [-0.1, -0.05) is 13.0 Å². The van der Waals surface area contributed by atoms with Crippen molar-refractivity contribution in [1.82, 2.24) is 9.97 Å². The number of carboxylic acid groups (broad SMARTS) is 1. The molecule has 0 radical (unpaired) electrons. The molecule has 0 bridgehead atoms. The van der Waals surface area contributed by atoms with Gasteiger partial charge in [-0.2, -0.15) is 0 Å². The van der Waals surface area contributed by atoms with E-state index < -0.39 is 5.97 Å². The average Bonchev–Trinajstić information content (AvgIpc) is 2.45. The van der Waals surface area contributed by atoms with E-state index >= 15 is 0 Å². The molecule has 0 atom stereocenters. The number of hydrogen-bond donors (Lipinski definition) is 2. The predicted octanol–water partition coefficient (Wildman–Crippen LogP) is 2.66. The molecule has 104 valence electrons. The van der Waals surface area contributed by atoms with Gasteiger partial charge in [-0.15, -0.1) is 0 Å². The van der Waals surface area contributed by atoms with Crippen LogP contribution in [0.4, 0.5) is 5.82 Å². The van der Waals surface area contributed by atoms with Crippen molar-refractivity contribution < 1.29 is 9.90 Å². The van der Waals surface area contributed by atoms with Gasteiger partial charge in [0, 0.05) is 12.4 Å². The Morgan fingerprint density at radius 1 is 1.30 bits per heavy atom. The zero-order valence-electron chi connectivity index (χ0n) is 11.6. The molecule has 0 amide bonds. The van der Waals surface area contributed by atoms with Gasteiger partial charge in [0.1, 0.15) is 11.4 Å². The van der Waals surface area contributed by atoms with E-state index in [1.54, 1.807) is 25.4 Å². The van der Waals surface area contributed by atoms with Gasteiger partial charge in [-0.05, 0) is 36.6 Å². The lowest BCUT2D eigenvalue weighted by molar-refractivity contribution is 0.0697. The van der Waals surface area contributed by atoms with E-state index in [9.17, 15) is 9.90 Å². The molecule has 0 saturated carbocycles. The molecular formula is C15H17N3O2. The first kappa shape index (κ1) is 14.0. The largest absolute Gasteiger partial charge is 0.478 e. The quantitative estimate of drug-likeness (QED) is 0.874. The lowest BCUT2D eigenvalue weighted by Crippen LogP contribution is -2.11. The third-order valence-electron chi connectivity index (χ3n) is 3.16. The number of aromatic carboxylic acids is 1. The molecule has 5 nitrogen and oxygen atoms in total. The van der Waals surface area contributed by atoms with Crippen LogP contribution in [0.15, 0.2) is 30.6 Å². The third kappa shape index (κ3) is 2.93. The van der Waals surface area contributed by atoms with Crippen molar-refractivity contribution in [3.63, 3.8) is 0 Å². The number of aromatic nitrogens is 2. The lowest BCUT2D eigenvalue weighted by Gasteiger charge is -2.11. The molecule has 0 aliphatic heterocycles. The molecule has 20 heavy (non-hydrogen) atoms. The fourth-order valence-corrected chi connectivity index (χ4v) is 2.08. The van der Waals surface area contributed by atoms with Gasteiger partial charge in [0.2, 0.25) is 0 Å². The smallest absolute Gasteiger partial charge is 0.339 e. The Bertz CT molecular complexity index is 626. The van der Waals surface area contributed by atoms with Crippen LogP contribution in [0.2, 0.25) is 0 Å². The van der Waals surface area contributed by atoms with E-state index in [1.807, 2.05) is 12.1 Å². The van der Waals surface area contributed by atoms with Gasteiger partial charge in [-0.25, -0.2) is 9.78 Å². The highest BCUT2D eigenvalue weighted by Crippen LogP contribution is 2.17. The fraction of sp³-hybridized carbons (Fsp3) is 0.267. The summed E-state index contributed by atoms with van der Waals surface area (Å²) in [4.78, 5) is 19.7. The summed E-state index contributed by atoms with van der Waals surface area (Å²) in [5, 5.41) is 12.3. The Labute approximate surface area is 117 Å². The number of nitrogens with zero attached hydrogens (tertiary/aromatic N) is 2. The normalized spacial score (nSPS) is 10.3. The van der Waals surface area contributed by atoms with Crippen LogP contribution in [-0.4, -0.2) is 21.0 Å². The van der Waals surface area contributed by atoms with Gasteiger partial charge >= 0.3 is 5.97 Å². The van der Waals surface area contributed by atoms with Crippen molar-refractivity contribution >= 4 is 11.8 Å². The summed E-state index contributed by atoms with van der Waals surface area (Å²) in [6, 6.07) is 5.61. The van der Waals surface area contributed by atoms with Crippen molar-refractivity contribution in [2.75, 3.05) is 5.32 Å². The number of pyridine rings is 2. The fourth-order valence-electron chi connectivity index (χ4n) is 2.08.